The fourth-order valence-corrected chi connectivity index (χ4v) is 9.78. The predicted octanol–water partition coefficient (Wildman–Crippen LogP) is 15.4. The standard InChI is InChI=1S/C60H48N2/c1-39-35-48(54(44-23-12-6-13-24-44)45-25-14-7-15-26-45)36-40(2)57(39)61-59-52-32-20-31-51-50(43-21-10-5-11-22-43)33-34-53(56(51)52)60(59)62-58-41(3)37-49(38-42(58)4)55(46-27-16-8-17-28-46)47-29-18-9-19-30-47/h5-38,54-55H,1-4H3. The normalized spacial score (nSPS) is 13.5. The third-order valence-corrected chi connectivity index (χ3v) is 12.5. The molecule has 0 spiro atoms. The van der Waals surface area contributed by atoms with Gasteiger partial charge in [-0.25, -0.2) is 9.98 Å². The predicted molar refractivity (Wildman–Crippen MR) is 261 cm³/mol. The van der Waals surface area contributed by atoms with Gasteiger partial charge in [-0.1, -0.05) is 206 Å². The zero-order valence-corrected chi connectivity index (χ0v) is 35.7. The first-order valence-corrected chi connectivity index (χ1v) is 21.6. The van der Waals surface area contributed by atoms with E-state index in [0.29, 0.717) is 0 Å². The van der Waals surface area contributed by atoms with Crippen molar-refractivity contribution in [3.05, 3.63) is 273 Å². The summed E-state index contributed by atoms with van der Waals surface area (Å²) < 4.78 is 0. The summed E-state index contributed by atoms with van der Waals surface area (Å²) in [6.45, 7) is 8.83. The first-order valence-electron chi connectivity index (χ1n) is 21.6. The van der Waals surface area contributed by atoms with Gasteiger partial charge in [0.1, 0.15) is 0 Å². The molecule has 62 heavy (non-hydrogen) atoms. The highest BCUT2D eigenvalue weighted by molar-refractivity contribution is 6.61. The van der Waals surface area contributed by atoms with Gasteiger partial charge in [-0.3, -0.25) is 0 Å². The van der Waals surface area contributed by atoms with E-state index >= 15 is 0 Å². The third-order valence-electron chi connectivity index (χ3n) is 12.5. The molecule has 0 saturated carbocycles. The molecule has 0 aromatic heterocycles. The van der Waals surface area contributed by atoms with Crippen molar-refractivity contribution < 1.29 is 0 Å². The van der Waals surface area contributed by atoms with Crippen LogP contribution in [0.15, 0.2) is 216 Å². The maximum absolute atomic E-state index is 5.69. The van der Waals surface area contributed by atoms with E-state index in [1.165, 1.54) is 55.3 Å². The van der Waals surface area contributed by atoms with Crippen molar-refractivity contribution >= 4 is 33.6 Å². The van der Waals surface area contributed by atoms with E-state index in [4.69, 9.17) is 9.98 Å². The molecule has 9 aromatic carbocycles. The van der Waals surface area contributed by atoms with Gasteiger partial charge in [0.25, 0.3) is 0 Å². The van der Waals surface area contributed by atoms with Crippen LogP contribution in [0.5, 0.6) is 0 Å². The molecule has 298 valence electrons. The SMILES string of the molecule is Cc1cc(C(c2ccccc2)c2ccccc2)cc(C)c1N=C1C(=Nc2c(C)cc(C(c3ccccc3)c3ccccc3)cc2C)c2ccc(-c3ccccc3)c3cccc1c23. The van der Waals surface area contributed by atoms with Gasteiger partial charge in [0, 0.05) is 28.3 Å². The van der Waals surface area contributed by atoms with Crippen LogP contribution >= 0.6 is 0 Å². The molecule has 0 atom stereocenters. The smallest absolute Gasteiger partial charge is 0.0979 e. The van der Waals surface area contributed by atoms with Gasteiger partial charge >= 0.3 is 0 Å². The van der Waals surface area contributed by atoms with Gasteiger partial charge in [-0.05, 0) is 99.8 Å². The molecular formula is C60H48N2. The maximum Gasteiger partial charge on any atom is 0.0979 e. The van der Waals surface area contributed by atoms with Crippen LogP contribution in [0.4, 0.5) is 11.4 Å². The summed E-state index contributed by atoms with van der Waals surface area (Å²) in [6.07, 6.45) is 0. The Morgan fingerprint density at radius 2 is 0.645 bits per heavy atom. The lowest BCUT2D eigenvalue weighted by Gasteiger charge is -2.21. The van der Waals surface area contributed by atoms with E-state index in [-0.39, 0.29) is 11.8 Å². The molecule has 10 rings (SSSR count). The Balaban J connectivity index is 1.15. The average molecular weight is 797 g/mol. The Kier molecular flexibility index (Phi) is 10.4. The first kappa shape index (κ1) is 38.8. The first-order chi connectivity index (χ1) is 30.4. The fourth-order valence-electron chi connectivity index (χ4n) is 9.78. The summed E-state index contributed by atoms with van der Waals surface area (Å²) in [7, 11) is 0. The van der Waals surface area contributed by atoms with Gasteiger partial charge in [0.2, 0.25) is 0 Å². The highest BCUT2D eigenvalue weighted by Gasteiger charge is 2.30. The molecule has 2 heteroatoms. The summed E-state index contributed by atoms with van der Waals surface area (Å²) in [5, 5.41) is 2.41. The summed E-state index contributed by atoms with van der Waals surface area (Å²) in [4.78, 5) is 11.4. The lowest BCUT2D eigenvalue weighted by Crippen LogP contribution is -2.11. The molecule has 1 aliphatic carbocycles. The summed E-state index contributed by atoms with van der Waals surface area (Å²) in [5.74, 6) is 0.207. The minimum Gasteiger partial charge on any atom is -0.246 e. The lowest BCUT2D eigenvalue weighted by molar-refractivity contribution is 0.970. The van der Waals surface area contributed by atoms with Gasteiger partial charge in [0.05, 0.1) is 22.8 Å². The topological polar surface area (TPSA) is 24.7 Å². The molecule has 9 aromatic rings. The molecule has 0 heterocycles. The van der Waals surface area contributed by atoms with Gasteiger partial charge in [-0.2, -0.15) is 0 Å². The molecule has 0 amide bonds. The Bertz CT molecular complexity index is 2840. The van der Waals surface area contributed by atoms with Crippen molar-refractivity contribution in [2.45, 2.75) is 39.5 Å². The second-order valence-corrected chi connectivity index (χ2v) is 16.7. The van der Waals surface area contributed by atoms with Gasteiger partial charge in [-0.15, -0.1) is 0 Å². The van der Waals surface area contributed by atoms with Crippen LogP contribution in [0.1, 0.15) is 78.6 Å². The van der Waals surface area contributed by atoms with Gasteiger partial charge in [0.15, 0.2) is 0 Å². The van der Waals surface area contributed by atoms with Gasteiger partial charge < -0.3 is 0 Å². The Hall–Kier alpha value is -7.42. The molecular weight excluding hydrogens is 749 g/mol. The van der Waals surface area contributed by atoms with E-state index in [0.717, 1.165) is 56.2 Å². The second-order valence-electron chi connectivity index (χ2n) is 16.7. The molecule has 0 N–H and O–H groups in total. The highest BCUT2D eigenvalue weighted by Crippen LogP contribution is 2.43. The molecule has 0 radical (unpaired) electrons. The number of aryl methyl sites for hydroxylation is 4. The number of hydrogen-bond acceptors (Lipinski definition) is 2. The van der Waals surface area contributed by atoms with Crippen LogP contribution in [0.3, 0.4) is 0 Å². The Morgan fingerprint density at radius 3 is 1.03 bits per heavy atom. The molecule has 0 bridgehead atoms. The summed E-state index contributed by atoms with van der Waals surface area (Å²) in [5.41, 5.74) is 20.6. The highest BCUT2D eigenvalue weighted by atomic mass is 14.8. The fraction of sp³-hybridized carbons (Fsp3) is 0.100. The largest absolute Gasteiger partial charge is 0.246 e. The van der Waals surface area contributed by atoms with Crippen LogP contribution in [-0.4, -0.2) is 11.4 Å². The van der Waals surface area contributed by atoms with Crippen molar-refractivity contribution in [3.8, 4) is 11.1 Å². The molecule has 0 aliphatic heterocycles. The quantitative estimate of drug-likeness (QED) is 0.130. The third kappa shape index (κ3) is 7.18. The molecule has 1 aliphatic rings. The minimum atomic E-state index is 0.104. The van der Waals surface area contributed by atoms with Crippen molar-refractivity contribution in [1.82, 2.24) is 0 Å². The van der Waals surface area contributed by atoms with E-state index in [1.54, 1.807) is 0 Å². The number of nitrogens with zero attached hydrogens (tertiary/aromatic N) is 2. The summed E-state index contributed by atoms with van der Waals surface area (Å²) >= 11 is 0. The van der Waals surface area contributed by atoms with E-state index in [9.17, 15) is 0 Å². The Morgan fingerprint density at radius 1 is 0.306 bits per heavy atom. The second kappa shape index (κ2) is 16.6. The minimum absolute atomic E-state index is 0.104. The molecule has 0 saturated heterocycles. The van der Waals surface area contributed by atoms with E-state index in [2.05, 4.69) is 234 Å². The van der Waals surface area contributed by atoms with Crippen LogP contribution in [0.2, 0.25) is 0 Å². The average Bonchev–Trinajstić information content (AvgIpc) is 3.60. The van der Waals surface area contributed by atoms with Crippen LogP contribution in [0, 0.1) is 27.7 Å². The molecule has 0 unspecified atom stereocenters. The lowest BCUT2D eigenvalue weighted by atomic mass is 9.83. The van der Waals surface area contributed by atoms with Crippen molar-refractivity contribution in [3.63, 3.8) is 0 Å². The van der Waals surface area contributed by atoms with E-state index in [1.807, 2.05) is 0 Å². The summed E-state index contributed by atoms with van der Waals surface area (Å²) in [6, 6.07) is 74.6. The number of rotatable bonds is 9. The van der Waals surface area contributed by atoms with Crippen molar-refractivity contribution in [1.29, 1.82) is 0 Å². The van der Waals surface area contributed by atoms with Crippen LogP contribution in [-0.2, 0) is 0 Å². The van der Waals surface area contributed by atoms with E-state index < -0.39 is 0 Å². The number of benzene rings is 9. The van der Waals surface area contributed by atoms with Crippen molar-refractivity contribution in [2.24, 2.45) is 9.98 Å². The molecule has 0 fully saturated rings. The zero-order valence-electron chi connectivity index (χ0n) is 35.7. The monoisotopic (exact) mass is 796 g/mol. The number of aliphatic imine (C=N–C) groups is 2. The maximum atomic E-state index is 5.69. The van der Waals surface area contributed by atoms with Crippen molar-refractivity contribution in [2.75, 3.05) is 0 Å². The Labute approximate surface area is 365 Å². The van der Waals surface area contributed by atoms with Crippen LogP contribution in [0.25, 0.3) is 21.9 Å². The van der Waals surface area contributed by atoms with Crippen LogP contribution < -0.4 is 0 Å². The molecule has 2 nitrogen and oxygen atoms in total. The zero-order chi connectivity index (χ0) is 42.2. The number of hydrogen-bond donors (Lipinski definition) is 0.